The molecule has 0 aliphatic heterocycles. The summed E-state index contributed by atoms with van der Waals surface area (Å²) < 4.78 is 6.88. The van der Waals surface area contributed by atoms with E-state index in [9.17, 15) is 0 Å². The highest BCUT2D eigenvalue weighted by molar-refractivity contribution is 5.72. The van der Waals surface area contributed by atoms with Crippen LogP contribution in [0.3, 0.4) is 0 Å². The quantitative estimate of drug-likeness (QED) is 0.746. The number of anilines is 1. The minimum absolute atomic E-state index is 0.512. The molecule has 0 spiro atoms. The molecule has 0 bridgehead atoms. The van der Waals surface area contributed by atoms with Crippen LogP contribution in [0.2, 0.25) is 0 Å². The zero-order chi connectivity index (χ0) is 12.5. The third kappa shape index (κ3) is 1.66. The molecule has 2 aromatic heterocycles. The first kappa shape index (κ1) is 10.6. The van der Waals surface area contributed by atoms with Crippen molar-refractivity contribution in [2.45, 2.75) is 0 Å². The number of hydrogen-bond donors (Lipinski definition) is 1. The van der Waals surface area contributed by atoms with Crippen LogP contribution in [0.4, 0.5) is 5.69 Å². The Morgan fingerprint density at radius 1 is 1.22 bits per heavy atom. The summed E-state index contributed by atoms with van der Waals surface area (Å²) in [4.78, 5) is 0. The van der Waals surface area contributed by atoms with E-state index >= 15 is 0 Å². The first-order valence-electron chi connectivity index (χ1n) is 5.55. The van der Waals surface area contributed by atoms with E-state index in [0.29, 0.717) is 11.4 Å². The lowest BCUT2D eigenvalue weighted by Crippen LogP contribution is -1.94. The summed E-state index contributed by atoms with van der Waals surface area (Å²) in [5.74, 6) is 0.548. The zero-order valence-corrected chi connectivity index (χ0v) is 9.87. The van der Waals surface area contributed by atoms with Crippen molar-refractivity contribution in [2.75, 3.05) is 5.73 Å². The Morgan fingerprint density at radius 2 is 2.00 bits per heavy atom. The Bertz CT molecular complexity index is 669. The standard InChI is InChI=1S/C13H12N4O/c1-17-12(13-10(14)8-15-18-13)7-11(16-17)9-5-3-2-4-6-9/h2-8H,14H2,1H3. The summed E-state index contributed by atoms with van der Waals surface area (Å²) in [5, 5.41) is 8.13. The molecule has 0 saturated heterocycles. The Kier molecular flexibility index (Phi) is 2.37. The topological polar surface area (TPSA) is 69.9 Å². The van der Waals surface area contributed by atoms with Gasteiger partial charge in [0.2, 0.25) is 5.76 Å². The Labute approximate surface area is 104 Å². The van der Waals surface area contributed by atoms with Crippen LogP contribution in [0, 0.1) is 0 Å². The molecule has 0 aliphatic carbocycles. The SMILES string of the molecule is Cn1nc(-c2ccccc2)cc1-c1oncc1N. The van der Waals surface area contributed by atoms with E-state index in [2.05, 4.69) is 10.3 Å². The van der Waals surface area contributed by atoms with Gasteiger partial charge in [-0.3, -0.25) is 4.68 Å². The fourth-order valence-electron chi connectivity index (χ4n) is 1.87. The number of aryl methyl sites for hydroxylation is 1. The van der Waals surface area contributed by atoms with Gasteiger partial charge in [0.15, 0.2) is 0 Å². The van der Waals surface area contributed by atoms with Gasteiger partial charge in [-0.05, 0) is 6.07 Å². The second-order valence-electron chi connectivity index (χ2n) is 4.01. The van der Waals surface area contributed by atoms with Crippen LogP contribution < -0.4 is 5.73 Å². The minimum atomic E-state index is 0.512. The molecule has 0 amide bonds. The lowest BCUT2D eigenvalue weighted by Gasteiger charge is -1.96. The predicted octanol–water partition coefficient (Wildman–Crippen LogP) is 2.32. The number of nitrogens with two attached hydrogens (primary N) is 1. The smallest absolute Gasteiger partial charge is 0.207 e. The molecular formula is C13H12N4O. The predicted molar refractivity (Wildman–Crippen MR) is 68.6 cm³/mol. The second kappa shape index (κ2) is 4.03. The van der Waals surface area contributed by atoms with Crippen LogP contribution in [0.1, 0.15) is 0 Å². The lowest BCUT2D eigenvalue weighted by molar-refractivity contribution is 0.429. The largest absolute Gasteiger partial charge is 0.394 e. The number of hydrogen-bond acceptors (Lipinski definition) is 4. The van der Waals surface area contributed by atoms with Crippen molar-refractivity contribution in [1.82, 2.24) is 14.9 Å². The monoisotopic (exact) mass is 240 g/mol. The molecule has 0 aliphatic rings. The van der Waals surface area contributed by atoms with Gasteiger partial charge in [-0.15, -0.1) is 0 Å². The minimum Gasteiger partial charge on any atom is -0.394 e. The second-order valence-corrected chi connectivity index (χ2v) is 4.01. The van der Waals surface area contributed by atoms with Crippen LogP contribution in [-0.4, -0.2) is 14.9 Å². The van der Waals surface area contributed by atoms with Gasteiger partial charge in [-0.25, -0.2) is 0 Å². The van der Waals surface area contributed by atoms with Crippen molar-refractivity contribution in [1.29, 1.82) is 0 Å². The molecule has 5 heteroatoms. The number of nitrogens with zero attached hydrogens (tertiary/aromatic N) is 3. The summed E-state index contributed by atoms with van der Waals surface area (Å²) in [6.45, 7) is 0. The lowest BCUT2D eigenvalue weighted by atomic mass is 10.1. The normalized spacial score (nSPS) is 10.7. The summed E-state index contributed by atoms with van der Waals surface area (Å²) in [6.07, 6.45) is 1.49. The van der Waals surface area contributed by atoms with Crippen LogP contribution >= 0.6 is 0 Å². The molecule has 2 heterocycles. The summed E-state index contributed by atoms with van der Waals surface area (Å²) >= 11 is 0. The van der Waals surface area contributed by atoms with Crippen molar-refractivity contribution in [3.8, 4) is 22.7 Å². The average Bonchev–Trinajstić information content (AvgIpc) is 2.96. The Morgan fingerprint density at radius 3 is 2.67 bits per heavy atom. The Hall–Kier alpha value is -2.56. The zero-order valence-electron chi connectivity index (χ0n) is 9.87. The maximum atomic E-state index is 5.79. The summed E-state index contributed by atoms with van der Waals surface area (Å²) in [6, 6.07) is 11.9. The van der Waals surface area contributed by atoms with Gasteiger partial charge in [0, 0.05) is 12.6 Å². The van der Waals surface area contributed by atoms with Crippen molar-refractivity contribution in [2.24, 2.45) is 7.05 Å². The molecule has 0 fully saturated rings. The third-order valence-corrected chi connectivity index (χ3v) is 2.78. The average molecular weight is 240 g/mol. The number of nitrogen functional groups attached to an aromatic ring is 1. The van der Waals surface area contributed by atoms with E-state index in [1.165, 1.54) is 6.20 Å². The highest BCUT2D eigenvalue weighted by Crippen LogP contribution is 2.28. The van der Waals surface area contributed by atoms with E-state index in [-0.39, 0.29) is 0 Å². The van der Waals surface area contributed by atoms with Crippen LogP contribution in [0.25, 0.3) is 22.7 Å². The van der Waals surface area contributed by atoms with Gasteiger partial charge in [0.25, 0.3) is 0 Å². The van der Waals surface area contributed by atoms with E-state index in [1.807, 2.05) is 43.4 Å². The highest BCUT2D eigenvalue weighted by atomic mass is 16.5. The molecule has 90 valence electrons. The van der Waals surface area contributed by atoms with Crippen LogP contribution in [-0.2, 0) is 7.05 Å². The molecule has 0 unspecified atom stereocenters. The summed E-state index contributed by atoms with van der Waals surface area (Å²) in [7, 11) is 1.85. The van der Waals surface area contributed by atoms with Gasteiger partial charge in [-0.2, -0.15) is 5.10 Å². The Balaban J connectivity index is 2.10. The first-order valence-corrected chi connectivity index (χ1v) is 5.55. The van der Waals surface area contributed by atoms with Gasteiger partial charge >= 0.3 is 0 Å². The first-order chi connectivity index (χ1) is 8.75. The molecule has 18 heavy (non-hydrogen) atoms. The van der Waals surface area contributed by atoms with Gasteiger partial charge in [0.1, 0.15) is 11.4 Å². The number of benzene rings is 1. The van der Waals surface area contributed by atoms with Crippen molar-refractivity contribution in [3.63, 3.8) is 0 Å². The van der Waals surface area contributed by atoms with E-state index in [0.717, 1.165) is 17.0 Å². The molecule has 0 radical (unpaired) electrons. The van der Waals surface area contributed by atoms with Gasteiger partial charge in [-0.1, -0.05) is 35.5 Å². The maximum Gasteiger partial charge on any atom is 0.207 e. The molecule has 0 atom stereocenters. The summed E-state index contributed by atoms with van der Waals surface area (Å²) in [5.41, 5.74) is 9.04. The third-order valence-electron chi connectivity index (χ3n) is 2.78. The van der Waals surface area contributed by atoms with E-state index < -0.39 is 0 Å². The van der Waals surface area contributed by atoms with Crippen molar-refractivity contribution >= 4 is 5.69 Å². The number of rotatable bonds is 2. The van der Waals surface area contributed by atoms with E-state index in [1.54, 1.807) is 4.68 Å². The highest BCUT2D eigenvalue weighted by Gasteiger charge is 2.14. The fraction of sp³-hybridized carbons (Fsp3) is 0.0769. The molecule has 0 saturated carbocycles. The number of aromatic nitrogens is 3. The molecule has 3 rings (SSSR count). The molecule has 5 nitrogen and oxygen atoms in total. The molecule has 1 aromatic carbocycles. The van der Waals surface area contributed by atoms with Crippen LogP contribution in [0.15, 0.2) is 47.1 Å². The maximum absolute atomic E-state index is 5.79. The fourth-order valence-corrected chi connectivity index (χ4v) is 1.87. The molecular weight excluding hydrogens is 228 g/mol. The molecule has 2 N–H and O–H groups in total. The van der Waals surface area contributed by atoms with Gasteiger partial charge in [0.05, 0.1) is 11.9 Å². The van der Waals surface area contributed by atoms with Crippen molar-refractivity contribution < 1.29 is 4.52 Å². The van der Waals surface area contributed by atoms with Gasteiger partial charge < -0.3 is 10.3 Å². The van der Waals surface area contributed by atoms with E-state index in [4.69, 9.17) is 10.3 Å². The van der Waals surface area contributed by atoms with Crippen LogP contribution in [0.5, 0.6) is 0 Å². The molecule has 3 aromatic rings. The van der Waals surface area contributed by atoms with Crippen molar-refractivity contribution in [3.05, 3.63) is 42.6 Å².